The van der Waals surface area contributed by atoms with Gasteiger partial charge in [0.05, 0.1) is 12.7 Å². The van der Waals surface area contributed by atoms with Crippen molar-refractivity contribution in [1.29, 1.82) is 0 Å². The number of hydrogen-bond donors (Lipinski definition) is 1. The van der Waals surface area contributed by atoms with Gasteiger partial charge in [0.15, 0.2) is 0 Å². The first kappa shape index (κ1) is 17.5. The molecule has 0 radical (unpaired) electrons. The van der Waals surface area contributed by atoms with E-state index in [1.165, 1.54) is 17.2 Å². The molecule has 2 aromatic rings. The molecule has 1 N–H and O–H groups in total. The summed E-state index contributed by atoms with van der Waals surface area (Å²) in [5.74, 6) is 0.605. The standard InChI is InChI=1S/C22H26FNO2/c1-15-7-10-21(26-2)16(11-15)14-24-17-8-9-18(24)13-22(25,12-17)19-5-3-4-6-20(19)23/h3-7,10-11,17-18,25H,8-9,12-14H2,1-2H3. The molecule has 2 aliphatic rings. The minimum Gasteiger partial charge on any atom is -0.496 e. The van der Waals surface area contributed by atoms with Gasteiger partial charge >= 0.3 is 0 Å². The fourth-order valence-corrected chi connectivity index (χ4v) is 4.86. The number of aryl methyl sites for hydroxylation is 1. The molecule has 0 amide bonds. The van der Waals surface area contributed by atoms with Crippen molar-refractivity contribution >= 4 is 0 Å². The van der Waals surface area contributed by atoms with E-state index in [9.17, 15) is 9.50 Å². The summed E-state index contributed by atoms with van der Waals surface area (Å²) in [6.45, 7) is 2.90. The van der Waals surface area contributed by atoms with Crippen LogP contribution in [0.2, 0.25) is 0 Å². The fraction of sp³-hybridized carbons (Fsp3) is 0.455. The molecule has 2 fully saturated rings. The van der Waals surface area contributed by atoms with Gasteiger partial charge in [-0.1, -0.05) is 35.9 Å². The molecular weight excluding hydrogens is 329 g/mol. The van der Waals surface area contributed by atoms with Gasteiger partial charge in [-0.05, 0) is 44.7 Å². The lowest BCUT2D eigenvalue weighted by atomic mass is 9.80. The van der Waals surface area contributed by atoms with Gasteiger partial charge in [0.1, 0.15) is 11.6 Å². The molecule has 3 nitrogen and oxygen atoms in total. The van der Waals surface area contributed by atoms with Crippen LogP contribution in [0.3, 0.4) is 0 Å². The number of fused-ring (bicyclic) bond motifs is 2. The predicted molar refractivity (Wildman–Crippen MR) is 99.6 cm³/mol. The zero-order valence-electron chi connectivity index (χ0n) is 15.4. The van der Waals surface area contributed by atoms with Gasteiger partial charge in [0, 0.05) is 29.8 Å². The molecule has 2 atom stereocenters. The third kappa shape index (κ3) is 3.01. The highest BCUT2D eigenvalue weighted by molar-refractivity contribution is 5.37. The van der Waals surface area contributed by atoms with Crippen LogP contribution in [0.1, 0.15) is 42.4 Å². The van der Waals surface area contributed by atoms with Crippen molar-refractivity contribution in [3.8, 4) is 5.75 Å². The molecule has 138 valence electrons. The summed E-state index contributed by atoms with van der Waals surface area (Å²) in [5.41, 5.74) is 1.78. The van der Waals surface area contributed by atoms with E-state index in [-0.39, 0.29) is 17.9 Å². The average Bonchev–Trinajstić information content (AvgIpc) is 2.86. The summed E-state index contributed by atoms with van der Waals surface area (Å²) >= 11 is 0. The molecule has 2 bridgehead atoms. The number of rotatable bonds is 4. The van der Waals surface area contributed by atoms with Crippen LogP contribution >= 0.6 is 0 Å². The van der Waals surface area contributed by atoms with Crippen LogP contribution in [-0.2, 0) is 12.1 Å². The topological polar surface area (TPSA) is 32.7 Å². The van der Waals surface area contributed by atoms with E-state index in [1.807, 2.05) is 12.1 Å². The van der Waals surface area contributed by atoms with Crippen molar-refractivity contribution in [3.05, 3.63) is 65.0 Å². The highest BCUT2D eigenvalue weighted by Gasteiger charge is 2.49. The Morgan fingerprint density at radius 1 is 1.15 bits per heavy atom. The SMILES string of the molecule is COc1ccc(C)cc1CN1C2CCC1CC(O)(c1ccccc1F)C2. The molecule has 2 unspecified atom stereocenters. The molecule has 2 saturated heterocycles. The first-order chi connectivity index (χ1) is 12.5. The lowest BCUT2D eigenvalue weighted by molar-refractivity contribution is -0.0616. The number of hydrogen-bond acceptors (Lipinski definition) is 3. The highest BCUT2D eigenvalue weighted by Crippen LogP contribution is 2.47. The van der Waals surface area contributed by atoms with Crippen molar-refractivity contribution in [2.24, 2.45) is 0 Å². The Morgan fingerprint density at radius 2 is 1.85 bits per heavy atom. The maximum atomic E-state index is 14.3. The van der Waals surface area contributed by atoms with Crippen molar-refractivity contribution in [2.45, 2.75) is 56.8 Å². The molecule has 0 aromatic heterocycles. The normalized spacial score (nSPS) is 28.3. The van der Waals surface area contributed by atoms with Crippen LogP contribution < -0.4 is 4.74 Å². The van der Waals surface area contributed by atoms with Crippen LogP contribution in [0.4, 0.5) is 4.39 Å². The zero-order valence-corrected chi connectivity index (χ0v) is 15.4. The smallest absolute Gasteiger partial charge is 0.129 e. The molecule has 0 aliphatic carbocycles. The van der Waals surface area contributed by atoms with Gasteiger partial charge in [-0.3, -0.25) is 4.90 Å². The van der Waals surface area contributed by atoms with Crippen molar-refractivity contribution in [2.75, 3.05) is 7.11 Å². The Kier molecular flexibility index (Phi) is 4.49. The van der Waals surface area contributed by atoms with Gasteiger partial charge in [0.25, 0.3) is 0 Å². The summed E-state index contributed by atoms with van der Waals surface area (Å²) in [5, 5.41) is 11.2. The quantitative estimate of drug-likeness (QED) is 0.894. The van der Waals surface area contributed by atoms with E-state index in [1.54, 1.807) is 19.2 Å². The highest BCUT2D eigenvalue weighted by atomic mass is 19.1. The lowest BCUT2D eigenvalue weighted by Gasteiger charge is -2.44. The Hall–Kier alpha value is -1.91. The van der Waals surface area contributed by atoms with E-state index >= 15 is 0 Å². The maximum Gasteiger partial charge on any atom is 0.129 e. The van der Waals surface area contributed by atoms with E-state index in [0.29, 0.717) is 18.4 Å². The Labute approximate surface area is 154 Å². The second-order valence-corrected chi connectivity index (χ2v) is 7.79. The van der Waals surface area contributed by atoms with E-state index in [4.69, 9.17) is 4.74 Å². The van der Waals surface area contributed by atoms with Crippen molar-refractivity contribution in [1.82, 2.24) is 4.90 Å². The van der Waals surface area contributed by atoms with Crippen LogP contribution in [0.5, 0.6) is 5.75 Å². The second-order valence-electron chi connectivity index (χ2n) is 7.79. The molecule has 4 heteroatoms. The summed E-state index contributed by atoms with van der Waals surface area (Å²) in [6.07, 6.45) is 3.27. The zero-order chi connectivity index (χ0) is 18.3. The first-order valence-corrected chi connectivity index (χ1v) is 9.37. The monoisotopic (exact) mass is 355 g/mol. The van der Waals surface area contributed by atoms with Gasteiger partial charge in [-0.2, -0.15) is 0 Å². The van der Waals surface area contributed by atoms with E-state index < -0.39 is 5.60 Å². The van der Waals surface area contributed by atoms with Gasteiger partial charge in [0.2, 0.25) is 0 Å². The van der Waals surface area contributed by atoms with E-state index in [2.05, 4.69) is 24.0 Å². The number of benzene rings is 2. The molecule has 2 aliphatic heterocycles. The van der Waals surface area contributed by atoms with Crippen LogP contribution in [0.15, 0.2) is 42.5 Å². The second kappa shape index (κ2) is 6.67. The number of piperidine rings is 1. The number of aliphatic hydroxyl groups is 1. The minimum absolute atomic E-state index is 0.267. The number of methoxy groups -OCH3 is 1. The molecule has 2 heterocycles. The number of ether oxygens (including phenoxy) is 1. The lowest BCUT2D eigenvalue weighted by Crippen LogP contribution is -2.49. The summed E-state index contributed by atoms with van der Waals surface area (Å²) in [7, 11) is 1.70. The third-order valence-electron chi connectivity index (χ3n) is 6.08. The summed E-state index contributed by atoms with van der Waals surface area (Å²) in [6, 6.07) is 13.4. The fourth-order valence-electron chi connectivity index (χ4n) is 4.86. The van der Waals surface area contributed by atoms with Crippen molar-refractivity contribution in [3.63, 3.8) is 0 Å². The van der Waals surface area contributed by atoms with Crippen LogP contribution in [0.25, 0.3) is 0 Å². The van der Waals surface area contributed by atoms with Gasteiger partial charge < -0.3 is 9.84 Å². The predicted octanol–water partition coefficient (Wildman–Crippen LogP) is 4.16. The van der Waals surface area contributed by atoms with Crippen LogP contribution in [-0.4, -0.2) is 29.2 Å². The molecule has 2 aromatic carbocycles. The Balaban J connectivity index is 1.58. The molecule has 0 saturated carbocycles. The van der Waals surface area contributed by atoms with Crippen LogP contribution in [0, 0.1) is 12.7 Å². The molecule has 4 rings (SSSR count). The van der Waals surface area contributed by atoms with Gasteiger partial charge in [-0.15, -0.1) is 0 Å². The van der Waals surface area contributed by atoms with E-state index in [0.717, 1.165) is 25.1 Å². The van der Waals surface area contributed by atoms with Gasteiger partial charge in [-0.25, -0.2) is 4.39 Å². The summed E-state index contributed by atoms with van der Waals surface area (Å²) < 4.78 is 19.8. The van der Waals surface area contributed by atoms with Crippen molar-refractivity contribution < 1.29 is 14.2 Å². The molecule has 26 heavy (non-hydrogen) atoms. The molecular formula is C22H26FNO2. The third-order valence-corrected chi connectivity index (χ3v) is 6.08. The molecule has 0 spiro atoms. The largest absolute Gasteiger partial charge is 0.496 e. The minimum atomic E-state index is -1.07. The average molecular weight is 355 g/mol. The maximum absolute atomic E-state index is 14.3. The Morgan fingerprint density at radius 3 is 2.50 bits per heavy atom. The number of halogens is 1. The first-order valence-electron chi connectivity index (χ1n) is 9.37. The Bertz CT molecular complexity index is 792. The summed E-state index contributed by atoms with van der Waals surface area (Å²) in [4.78, 5) is 2.48. The number of nitrogens with zero attached hydrogens (tertiary/aromatic N) is 1.